The molecule has 0 spiro atoms. The highest BCUT2D eigenvalue weighted by Crippen LogP contribution is 2.49. The molecular weight excluding hydrogens is 463 g/mol. The summed E-state index contributed by atoms with van der Waals surface area (Å²) in [5, 5.41) is 9.82. The molecule has 1 atom stereocenters. The molecule has 11 heteroatoms. The second-order valence-electron chi connectivity index (χ2n) is 8.69. The fourth-order valence-corrected chi connectivity index (χ4v) is 4.85. The summed E-state index contributed by atoms with van der Waals surface area (Å²) in [6.07, 6.45) is 4.39. The van der Waals surface area contributed by atoms with Crippen molar-refractivity contribution in [2.24, 2.45) is 14.1 Å². The summed E-state index contributed by atoms with van der Waals surface area (Å²) < 4.78 is 22.3. The number of rotatable bonds is 6. The summed E-state index contributed by atoms with van der Waals surface area (Å²) in [6, 6.07) is 3.83. The van der Waals surface area contributed by atoms with E-state index in [1.54, 1.807) is 7.05 Å². The molecule has 0 saturated heterocycles. The maximum absolute atomic E-state index is 13.5. The van der Waals surface area contributed by atoms with Crippen LogP contribution in [0.4, 0.5) is 14.9 Å². The molecule has 2 aromatic heterocycles. The van der Waals surface area contributed by atoms with Crippen molar-refractivity contribution in [1.29, 1.82) is 0 Å². The number of hydrogen-bond donors (Lipinski definition) is 2. The lowest BCUT2D eigenvalue weighted by atomic mass is 10.1. The van der Waals surface area contributed by atoms with Gasteiger partial charge in [0.2, 0.25) is 0 Å². The fraction of sp³-hybridized carbons (Fsp3) is 0.391. The lowest BCUT2D eigenvalue weighted by Gasteiger charge is -2.16. The quantitative estimate of drug-likeness (QED) is 0.548. The van der Waals surface area contributed by atoms with Crippen LogP contribution in [-0.4, -0.2) is 31.3 Å². The third-order valence-corrected chi connectivity index (χ3v) is 6.53. The summed E-state index contributed by atoms with van der Waals surface area (Å²) in [4.78, 5) is 29.8. The smallest absolute Gasteiger partial charge is 0.408 e. The lowest BCUT2D eigenvalue weighted by molar-refractivity contribution is 0.101. The van der Waals surface area contributed by atoms with Gasteiger partial charge in [-0.15, -0.1) is 0 Å². The number of nitrogens with one attached hydrogen (secondary N) is 2. The molecule has 9 nitrogen and oxygen atoms in total. The maximum atomic E-state index is 13.5. The normalized spacial score (nSPS) is 16.9. The Kier molecular flexibility index (Phi) is 5.76. The van der Waals surface area contributed by atoms with Crippen LogP contribution in [0.15, 0.2) is 24.5 Å². The predicted octanol–water partition coefficient (Wildman–Crippen LogP) is 3.99. The average molecular weight is 487 g/mol. The van der Waals surface area contributed by atoms with Crippen molar-refractivity contribution in [3.8, 4) is 0 Å². The zero-order chi connectivity index (χ0) is 24.0. The van der Waals surface area contributed by atoms with Crippen molar-refractivity contribution in [1.82, 2.24) is 24.6 Å². The number of nitrogens with zero attached hydrogens (tertiary/aromatic N) is 4. The van der Waals surface area contributed by atoms with Gasteiger partial charge in [0.1, 0.15) is 17.8 Å². The number of ether oxygens (including phenoxy) is 1. The fourth-order valence-electron chi connectivity index (χ4n) is 4.67. The predicted molar refractivity (Wildman–Crippen MR) is 122 cm³/mol. The standard InChI is InChI=1S/C23H24ClFN6O3/c1-30-11-26-18(29-30)10-34-23(33)28-17-8-6-14-19(17)20(12-3-4-12)31(2)21(14)22(32)27-13-5-7-16(25)15(24)9-13/h5,7,9,11-12,17H,3-4,6,8,10H2,1-2H3,(H,27,32)(H,28,33). The molecule has 2 amide bonds. The van der Waals surface area contributed by atoms with E-state index in [2.05, 4.69) is 20.7 Å². The van der Waals surface area contributed by atoms with Gasteiger partial charge < -0.3 is 19.9 Å². The van der Waals surface area contributed by atoms with Crippen LogP contribution < -0.4 is 10.6 Å². The van der Waals surface area contributed by atoms with Crippen LogP contribution in [0.5, 0.6) is 0 Å². The summed E-state index contributed by atoms with van der Waals surface area (Å²) in [5.74, 6) is -0.0625. The molecule has 2 aliphatic carbocycles. The highest BCUT2D eigenvalue weighted by atomic mass is 35.5. The number of carbonyl (C=O) groups is 2. The third-order valence-electron chi connectivity index (χ3n) is 6.24. The zero-order valence-electron chi connectivity index (χ0n) is 18.8. The molecule has 34 heavy (non-hydrogen) atoms. The Morgan fingerprint density at radius 1 is 1.26 bits per heavy atom. The van der Waals surface area contributed by atoms with Crippen LogP contribution in [0.2, 0.25) is 5.02 Å². The van der Waals surface area contributed by atoms with Gasteiger partial charge in [-0.25, -0.2) is 14.2 Å². The largest absolute Gasteiger partial charge is 0.441 e. The number of halogens is 2. The highest BCUT2D eigenvalue weighted by molar-refractivity contribution is 6.31. The van der Waals surface area contributed by atoms with Crippen LogP contribution in [0.1, 0.15) is 64.4 Å². The minimum Gasteiger partial charge on any atom is -0.441 e. The molecule has 2 heterocycles. The van der Waals surface area contributed by atoms with E-state index < -0.39 is 11.9 Å². The van der Waals surface area contributed by atoms with Crippen molar-refractivity contribution < 1.29 is 18.7 Å². The molecule has 1 unspecified atom stereocenters. The second kappa shape index (κ2) is 8.75. The Morgan fingerprint density at radius 3 is 2.74 bits per heavy atom. The van der Waals surface area contributed by atoms with Crippen LogP contribution >= 0.6 is 11.6 Å². The number of fused-ring (bicyclic) bond motifs is 1. The summed E-state index contributed by atoms with van der Waals surface area (Å²) in [5.41, 5.74) is 3.96. The zero-order valence-corrected chi connectivity index (χ0v) is 19.5. The summed E-state index contributed by atoms with van der Waals surface area (Å²) in [6.45, 7) is -0.0234. The number of carbonyl (C=O) groups excluding carboxylic acids is 2. The minimum atomic E-state index is -0.553. The monoisotopic (exact) mass is 486 g/mol. The molecule has 178 valence electrons. The molecule has 0 bridgehead atoms. The van der Waals surface area contributed by atoms with E-state index in [1.165, 1.54) is 29.2 Å². The van der Waals surface area contributed by atoms with Gasteiger partial charge in [-0.05, 0) is 60.9 Å². The number of amides is 2. The molecule has 2 aliphatic rings. The minimum absolute atomic E-state index is 0.0234. The topological polar surface area (TPSA) is 103 Å². The van der Waals surface area contributed by atoms with Gasteiger partial charge in [-0.2, -0.15) is 5.10 Å². The lowest BCUT2D eigenvalue weighted by Crippen LogP contribution is -2.28. The molecular formula is C23H24ClFN6O3. The molecule has 5 rings (SSSR count). The average Bonchev–Trinajstić information content (AvgIpc) is 3.31. The van der Waals surface area contributed by atoms with Gasteiger partial charge in [0.05, 0.1) is 11.1 Å². The first-order chi connectivity index (χ1) is 16.3. The Hall–Kier alpha value is -3.40. The van der Waals surface area contributed by atoms with Gasteiger partial charge in [-0.3, -0.25) is 9.48 Å². The SMILES string of the molecule is Cn1cnc(COC(=O)NC2CCc3c2c(C2CC2)n(C)c3C(=O)Nc2ccc(F)c(Cl)c2)n1. The van der Waals surface area contributed by atoms with E-state index in [1.807, 2.05) is 11.6 Å². The van der Waals surface area contributed by atoms with E-state index in [-0.39, 0.29) is 23.6 Å². The molecule has 0 aliphatic heterocycles. The first kappa shape index (κ1) is 22.4. The van der Waals surface area contributed by atoms with Crippen LogP contribution in [0.25, 0.3) is 0 Å². The number of aromatic nitrogens is 4. The van der Waals surface area contributed by atoms with Crippen molar-refractivity contribution in [2.75, 3.05) is 5.32 Å². The van der Waals surface area contributed by atoms with Gasteiger partial charge in [0, 0.05) is 25.5 Å². The van der Waals surface area contributed by atoms with Gasteiger partial charge in [0.25, 0.3) is 5.91 Å². The Balaban J connectivity index is 1.36. The first-order valence-electron chi connectivity index (χ1n) is 11.1. The van der Waals surface area contributed by atoms with Crippen molar-refractivity contribution >= 4 is 29.3 Å². The number of aryl methyl sites for hydroxylation is 1. The third kappa shape index (κ3) is 4.25. The summed E-state index contributed by atoms with van der Waals surface area (Å²) >= 11 is 5.86. The number of anilines is 1. The van der Waals surface area contributed by atoms with Gasteiger partial charge in [0.15, 0.2) is 12.4 Å². The molecule has 1 saturated carbocycles. The van der Waals surface area contributed by atoms with E-state index in [0.29, 0.717) is 36.0 Å². The van der Waals surface area contributed by atoms with E-state index in [0.717, 1.165) is 29.7 Å². The van der Waals surface area contributed by atoms with Crippen LogP contribution in [0.3, 0.4) is 0 Å². The Bertz CT molecular complexity index is 1280. The second-order valence-corrected chi connectivity index (χ2v) is 9.10. The van der Waals surface area contributed by atoms with Crippen molar-refractivity contribution in [2.45, 2.75) is 44.2 Å². The Morgan fingerprint density at radius 2 is 2.06 bits per heavy atom. The van der Waals surface area contributed by atoms with Crippen molar-refractivity contribution in [3.63, 3.8) is 0 Å². The van der Waals surface area contributed by atoms with Crippen molar-refractivity contribution in [3.05, 3.63) is 63.7 Å². The van der Waals surface area contributed by atoms with Gasteiger partial charge in [-0.1, -0.05) is 11.6 Å². The van der Waals surface area contributed by atoms with Crippen LogP contribution in [0, 0.1) is 5.82 Å². The van der Waals surface area contributed by atoms with E-state index >= 15 is 0 Å². The Labute approximate surface area is 200 Å². The highest BCUT2D eigenvalue weighted by Gasteiger charge is 2.40. The molecule has 0 radical (unpaired) electrons. The first-order valence-corrected chi connectivity index (χ1v) is 11.4. The number of benzene rings is 1. The maximum Gasteiger partial charge on any atom is 0.408 e. The molecule has 3 aromatic rings. The van der Waals surface area contributed by atoms with E-state index in [9.17, 15) is 14.0 Å². The molecule has 1 fully saturated rings. The molecule has 1 aromatic carbocycles. The number of hydrogen-bond acceptors (Lipinski definition) is 5. The summed E-state index contributed by atoms with van der Waals surface area (Å²) in [7, 11) is 3.62. The van der Waals surface area contributed by atoms with Gasteiger partial charge >= 0.3 is 6.09 Å². The van der Waals surface area contributed by atoms with Crippen LogP contribution in [-0.2, 0) is 31.9 Å². The molecule has 2 N–H and O–H groups in total. The number of alkyl carbamates (subject to hydrolysis) is 1. The van der Waals surface area contributed by atoms with E-state index in [4.69, 9.17) is 16.3 Å².